The monoisotopic (exact) mass is 289 g/mol. The largest absolute Gasteiger partial charge is 0.272 e. The van der Waals surface area contributed by atoms with Crippen molar-refractivity contribution < 1.29 is 4.79 Å². The molecule has 1 heterocycles. The van der Waals surface area contributed by atoms with Crippen molar-refractivity contribution in [2.45, 2.75) is 20.0 Å². The van der Waals surface area contributed by atoms with Gasteiger partial charge in [-0.2, -0.15) is 5.26 Å². The zero-order chi connectivity index (χ0) is 15.7. The third kappa shape index (κ3) is 2.27. The summed E-state index contributed by atoms with van der Waals surface area (Å²) in [7, 11) is 0. The zero-order valence-electron chi connectivity index (χ0n) is 12.4. The van der Waals surface area contributed by atoms with E-state index in [0.717, 1.165) is 22.5 Å². The van der Waals surface area contributed by atoms with E-state index in [9.17, 15) is 10.1 Å². The number of carbonyl (C=O) groups excluding carboxylic acids is 1. The molecule has 3 rings (SSSR count). The van der Waals surface area contributed by atoms with Gasteiger partial charge < -0.3 is 0 Å². The Bertz CT molecular complexity index is 800. The SMILES string of the molecule is CC1=NC(C#N)N(C(=O)c2ccc(C)cc2)c2ccccc21. The van der Waals surface area contributed by atoms with E-state index in [2.05, 4.69) is 11.1 Å². The van der Waals surface area contributed by atoms with Gasteiger partial charge in [-0.05, 0) is 32.0 Å². The number of anilines is 1. The predicted octanol–water partition coefficient (Wildman–Crippen LogP) is 3.31. The topological polar surface area (TPSA) is 56.5 Å². The van der Waals surface area contributed by atoms with Gasteiger partial charge in [-0.15, -0.1) is 0 Å². The molecule has 22 heavy (non-hydrogen) atoms. The Labute approximate surface area is 129 Å². The Kier molecular flexibility index (Phi) is 3.48. The Morgan fingerprint density at radius 1 is 1.14 bits per heavy atom. The number of nitrogens with zero attached hydrogens (tertiary/aromatic N) is 3. The van der Waals surface area contributed by atoms with Gasteiger partial charge in [0.15, 0.2) is 0 Å². The first-order valence-electron chi connectivity index (χ1n) is 7.05. The number of rotatable bonds is 1. The molecule has 0 fully saturated rings. The number of nitriles is 1. The predicted molar refractivity (Wildman–Crippen MR) is 86.0 cm³/mol. The van der Waals surface area contributed by atoms with Crippen molar-refractivity contribution in [2.75, 3.05) is 4.90 Å². The van der Waals surface area contributed by atoms with Gasteiger partial charge in [0.1, 0.15) is 6.07 Å². The Morgan fingerprint density at radius 2 is 1.82 bits per heavy atom. The summed E-state index contributed by atoms with van der Waals surface area (Å²) in [6.45, 7) is 3.83. The zero-order valence-corrected chi connectivity index (χ0v) is 12.4. The van der Waals surface area contributed by atoms with Crippen LogP contribution in [0.3, 0.4) is 0 Å². The summed E-state index contributed by atoms with van der Waals surface area (Å²) in [5, 5.41) is 9.39. The van der Waals surface area contributed by atoms with Crippen LogP contribution in [-0.2, 0) is 0 Å². The highest BCUT2D eigenvalue weighted by molar-refractivity contribution is 6.14. The van der Waals surface area contributed by atoms with E-state index in [4.69, 9.17) is 0 Å². The number of aryl methyl sites for hydroxylation is 1. The normalized spacial score (nSPS) is 16.5. The lowest BCUT2D eigenvalue weighted by molar-refractivity contribution is 0.0982. The summed E-state index contributed by atoms with van der Waals surface area (Å²) >= 11 is 0. The average molecular weight is 289 g/mol. The first-order chi connectivity index (χ1) is 10.6. The van der Waals surface area contributed by atoms with Gasteiger partial charge in [0.25, 0.3) is 5.91 Å². The summed E-state index contributed by atoms with van der Waals surface area (Å²) in [6.07, 6.45) is -0.830. The number of aliphatic imine (C=N–C) groups is 1. The van der Waals surface area contributed by atoms with E-state index in [-0.39, 0.29) is 5.91 Å². The molecule has 1 amide bonds. The number of fused-ring (bicyclic) bond motifs is 1. The molecule has 4 heteroatoms. The van der Waals surface area contributed by atoms with Gasteiger partial charge in [-0.1, -0.05) is 35.9 Å². The highest BCUT2D eigenvalue weighted by Gasteiger charge is 2.31. The van der Waals surface area contributed by atoms with Crippen molar-refractivity contribution in [2.24, 2.45) is 4.99 Å². The first-order valence-corrected chi connectivity index (χ1v) is 7.05. The van der Waals surface area contributed by atoms with Crippen LogP contribution in [0.2, 0.25) is 0 Å². The van der Waals surface area contributed by atoms with Crippen molar-refractivity contribution in [3.05, 3.63) is 65.2 Å². The highest BCUT2D eigenvalue weighted by Crippen LogP contribution is 2.29. The summed E-state index contributed by atoms with van der Waals surface area (Å²) in [6, 6.07) is 17.0. The number of carbonyl (C=O) groups is 1. The highest BCUT2D eigenvalue weighted by atomic mass is 16.2. The summed E-state index contributed by atoms with van der Waals surface area (Å²) in [4.78, 5) is 18.7. The molecule has 4 nitrogen and oxygen atoms in total. The fourth-order valence-corrected chi connectivity index (χ4v) is 2.57. The number of amides is 1. The summed E-state index contributed by atoms with van der Waals surface area (Å²) < 4.78 is 0. The second-order valence-electron chi connectivity index (χ2n) is 5.28. The molecule has 1 unspecified atom stereocenters. The van der Waals surface area contributed by atoms with Crippen molar-refractivity contribution in [3.8, 4) is 6.07 Å². The van der Waals surface area contributed by atoms with E-state index < -0.39 is 6.17 Å². The van der Waals surface area contributed by atoms with Gasteiger partial charge in [0.2, 0.25) is 6.17 Å². The number of para-hydroxylation sites is 1. The van der Waals surface area contributed by atoms with Crippen molar-refractivity contribution in [1.29, 1.82) is 5.26 Å². The third-order valence-electron chi connectivity index (χ3n) is 3.75. The first kappa shape index (κ1) is 14.0. The van der Waals surface area contributed by atoms with Crippen LogP contribution in [0.1, 0.15) is 28.4 Å². The Morgan fingerprint density at radius 3 is 2.50 bits per heavy atom. The molecule has 0 saturated carbocycles. The number of hydrogen-bond acceptors (Lipinski definition) is 3. The lowest BCUT2D eigenvalue weighted by atomic mass is 10.0. The van der Waals surface area contributed by atoms with Crippen LogP contribution in [0.25, 0.3) is 0 Å². The molecule has 0 N–H and O–H groups in total. The molecule has 0 saturated heterocycles. The third-order valence-corrected chi connectivity index (χ3v) is 3.75. The minimum absolute atomic E-state index is 0.213. The molecule has 108 valence electrons. The molecule has 1 aliphatic heterocycles. The van der Waals surface area contributed by atoms with Crippen LogP contribution in [-0.4, -0.2) is 17.8 Å². The van der Waals surface area contributed by atoms with E-state index in [1.54, 1.807) is 12.1 Å². The number of hydrogen-bond donors (Lipinski definition) is 0. The van der Waals surface area contributed by atoms with Crippen LogP contribution in [0.4, 0.5) is 5.69 Å². The van der Waals surface area contributed by atoms with Gasteiger partial charge >= 0.3 is 0 Å². The lowest BCUT2D eigenvalue weighted by Crippen LogP contribution is -2.42. The maximum absolute atomic E-state index is 12.9. The molecule has 1 aliphatic rings. The second kappa shape index (κ2) is 5.45. The van der Waals surface area contributed by atoms with Gasteiger partial charge in [0.05, 0.1) is 5.69 Å². The van der Waals surface area contributed by atoms with Crippen LogP contribution in [0.5, 0.6) is 0 Å². The molecule has 0 bridgehead atoms. The molecular weight excluding hydrogens is 274 g/mol. The maximum atomic E-state index is 12.9. The van der Waals surface area contributed by atoms with Crippen LogP contribution < -0.4 is 4.90 Å². The van der Waals surface area contributed by atoms with Gasteiger partial charge in [0, 0.05) is 16.8 Å². The van der Waals surface area contributed by atoms with Crippen molar-refractivity contribution in [1.82, 2.24) is 0 Å². The minimum Gasteiger partial charge on any atom is -0.272 e. The molecule has 0 spiro atoms. The molecule has 0 aromatic heterocycles. The minimum atomic E-state index is -0.830. The van der Waals surface area contributed by atoms with E-state index >= 15 is 0 Å². The van der Waals surface area contributed by atoms with Crippen LogP contribution in [0, 0.1) is 18.3 Å². The Hall–Kier alpha value is -2.93. The molecular formula is C18H15N3O. The average Bonchev–Trinajstić information content (AvgIpc) is 2.55. The smallest absolute Gasteiger partial charge is 0.260 e. The Balaban J connectivity index is 2.10. The molecule has 2 aromatic carbocycles. The second-order valence-corrected chi connectivity index (χ2v) is 5.28. The molecule has 2 aromatic rings. The van der Waals surface area contributed by atoms with Crippen LogP contribution >= 0.6 is 0 Å². The standard InChI is InChI=1S/C18H15N3O/c1-12-7-9-14(10-8-12)18(22)21-16-6-4-3-5-15(16)13(2)20-17(21)11-19/h3-10,17H,1-2H3. The fourth-order valence-electron chi connectivity index (χ4n) is 2.57. The van der Waals surface area contributed by atoms with Crippen molar-refractivity contribution in [3.63, 3.8) is 0 Å². The molecule has 1 atom stereocenters. The van der Waals surface area contributed by atoms with E-state index in [1.807, 2.05) is 50.2 Å². The van der Waals surface area contributed by atoms with Gasteiger partial charge in [-0.25, -0.2) is 4.99 Å². The van der Waals surface area contributed by atoms with Crippen molar-refractivity contribution >= 4 is 17.3 Å². The van der Waals surface area contributed by atoms with E-state index in [0.29, 0.717) is 5.56 Å². The molecule has 0 radical (unpaired) electrons. The van der Waals surface area contributed by atoms with Crippen LogP contribution in [0.15, 0.2) is 53.5 Å². The summed E-state index contributed by atoms with van der Waals surface area (Å²) in [5.74, 6) is -0.213. The fraction of sp³-hybridized carbons (Fsp3) is 0.167. The lowest BCUT2D eigenvalue weighted by Gasteiger charge is -2.31. The maximum Gasteiger partial charge on any atom is 0.260 e. The van der Waals surface area contributed by atoms with Gasteiger partial charge in [-0.3, -0.25) is 9.69 Å². The number of benzene rings is 2. The van der Waals surface area contributed by atoms with E-state index in [1.165, 1.54) is 4.90 Å². The summed E-state index contributed by atoms with van der Waals surface area (Å²) in [5.41, 5.74) is 4.02. The molecule has 0 aliphatic carbocycles. The quantitative estimate of drug-likeness (QED) is 0.808.